The number of hydrogen-bond donors (Lipinski definition) is 1. The van der Waals surface area contributed by atoms with E-state index in [1.54, 1.807) is 0 Å². The number of fused-ring (bicyclic) bond motifs is 1. The molecular weight excluding hydrogens is 226 g/mol. The molecule has 17 heavy (non-hydrogen) atoms. The Morgan fingerprint density at radius 3 is 2.82 bits per heavy atom. The van der Waals surface area contributed by atoms with Crippen molar-refractivity contribution in [2.24, 2.45) is 0 Å². The van der Waals surface area contributed by atoms with Crippen molar-refractivity contribution >= 4 is 27.0 Å². The molecule has 0 radical (unpaired) electrons. The van der Waals surface area contributed by atoms with Crippen molar-refractivity contribution < 1.29 is 0 Å². The van der Waals surface area contributed by atoms with E-state index >= 15 is 0 Å². The molecule has 0 unspecified atom stereocenters. The van der Waals surface area contributed by atoms with Crippen LogP contribution in [0.3, 0.4) is 0 Å². The highest BCUT2D eigenvalue weighted by atomic mass is 32.1. The highest BCUT2D eigenvalue weighted by Crippen LogP contribution is 2.34. The molecule has 0 aliphatic carbocycles. The van der Waals surface area contributed by atoms with Gasteiger partial charge in [-0.05, 0) is 61.0 Å². The Balaban J connectivity index is 2.13. The third-order valence-electron chi connectivity index (χ3n) is 3.37. The molecule has 0 bridgehead atoms. The monoisotopic (exact) mass is 243 g/mol. The van der Waals surface area contributed by atoms with Crippen LogP contribution in [0, 0.1) is 13.8 Å². The van der Waals surface area contributed by atoms with Gasteiger partial charge in [0.2, 0.25) is 0 Å². The largest absolute Gasteiger partial charge is 0.313 e. The Bertz CT molecular complexity index is 592. The van der Waals surface area contributed by atoms with Crippen molar-refractivity contribution in [3.63, 3.8) is 0 Å². The average molecular weight is 243 g/mol. The highest BCUT2D eigenvalue weighted by Gasteiger charge is 2.10. The molecule has 0 saturated carbocycles. The molecule has 0 fully saturated rings. The van der Waals surface area contributed by atoms with Crippen LogP contribution in [0.2, 0.25) is 0 Å². The minimum absolute atomic E-state index is 1.02. The highest BCUT2D eigenvalue weighted by molar-refractivity contribution is 7.20. The van der Waals surface area contributed by atoms with Crippen LogP contribution in [-0.2, 0) is 0 Å². The molecule has 1 aromatic heterocycles. The van der Waals surface area contributed by atoms with E-state index < -0.39 is 0 Å². The Morgan fingerprint density at radius 2 is 2.06 bits per heavy atom. The fraction of sp³-hybridized carbons (Fsp3) is 0.333. The summed E-state index contributed by atoms with van der Waals surface area (Å²) in [6.07, 6.45) is 3.49. The number of benzene rings is 1. The minimum atomic E-state index is 1.02. The van der Waals surface area contributed by atoms with E-state index in [4.69, 9.17) is 0 Å². The first kappa shape index (κ1) is 11.0. The quantitative estimate of drug-likeness (QED) is 0.801. The van der Waals surface area contributed by atoms with Gasteiger partial charge < -0.3 is 5.32 Å². The van der Waals surface area contributed by atoms with Crippen LogP contribution in [0.25, 0.3) is 15.7 Å². The second kappa shape index (κ2) is 4.28. The zero-order valence-corrected chi connectivity index (χ0v) is 11.2. The maximum Gasteiger partial charge on any atom is 0.0354 e. The van der Waals surface area contributed by atoms with Gasteiger partial charge in [0, 0.05) is 16.1 Å². The van der Waals surface area contributed by atoms with E-state index in [0.29, 0.717) is 0 Å². The van der Waals surface area contributed by atoms with Crippen molar-refractivity contribution in [3.05, 3.63) is 40.3 Å². The lowest BCUT2D eigenvalue weighted by Gasteiger charge is -2.11. The molecule has 1 aliphatic heterocycles. The predicted octanol–water partition coefficient (Wildman–Crippen LogP) is 3.89. The molecule has 0 spiro atoms. The van der Waals surface area contributed by atoms with E-state index in [2.05, 4.69) is 43.4 Å². The molecule has 0 saturated heterocycles. The van der Waals surface area contributed by atoms with Crippen LogP contribution in [0.15, 0.2) is 24.3 Å². The van der Waals surface area contributed by atoms with Crippen LogP contribution in [-0.4, -0.2) is 13.1 Å². The van der Waals surface area contributed by atoms with Gasteiger partial charge in [-0.25, -0.2) is 0 Å². The van der Waals surface area contributed by atoms with E-state index in [1.165, 1.54) is 31.7 Å². The zero-order valence-electron chi connectivity index (χ0n) is 10.3. The van der Waals surface area contributed by atoms with Crippen LogP contribution in [0.1, 0.15) is 22.4 Å². The van der Waals surface area contributed by atoms with Gasteiger partial charge in [0.25, 0.3) is 0 Å². The molecule has 1 nitrogen and oxygen atoms in total. The van der Waals surface area contributed by atoms with E-state index in [9.17, 15) is 0 Å². The van der Waals surface area contributed by atoms with Crippen LogP contribution >= 0.6 is 11.3 Å². The topological polar surface area (TPSA) is 12.0 Å². The Hall–Kier alpha value is -1.12. The predicted molar refractivity (Wildman–Crippen MR) is 76.8 cm³/mol. The minimum Gasteiger partial charge on any atom is -0.313 e. The molecule has 0 atom stereocenters. The summed E-state index contributed by atoms with van der Waals surface area (Å²) in [5.41, 5.74) is 4.28. The summed E-state index contributed by atoms with van der Waals surface area (Å²) in [4.78, 5) is 1.45. The second-order valence-electron chi connectivity index (χ2n) is 4.79. The van der Waals surface area contributed by atoms with Crippen molar-refractivity contribution in [2.75, 3.05) is 13.1 Å². The maximum absolute atomic E-state index is 3.37. The summed E-state index contributed by atoms with van der Waals surface area (Å²) in [5.74, 6) is 0. The summed E-state index contributed by atoms with van der Waals surface area (Å²) in [6, 6.07) is 6.94. The van der Waals surface area contributed by atoms with Crippen molar-refractivity contribution in [1.82, 2.24) is 5.32 Å². The smallest absolute Gasteiger partial charge is 0.0354 e. The number of thiophene rings is 1. The van der Waals surface area contributed by atoms with Gasteiger partial charge in [-0.1, -0.05) is 12.1 Å². The maximum atomic E-state index is 3.37. The molecule has 1 aromatic carbocycles. The SMILES string of the molecule is Cc1cc(C)c2cc(C3=CCNCC3)sc2c1. The van der Waals surface area contributed by atoms with Crippen LogP contribution in [0.5, 0.6) is 0 Å². The fourth-order valence-electron chi connectivity index (χ4n) is 2.49. The average Bonchev–Trinajstić information content (AvgIpc) is 2.74. The first-order valence-electron chi connectivity index (χ1n) is 6.15. The van der Waals surface area contributed by atoms with Gasteiger partial charge in [-0.15, -0.1) is 11.3 Å². The number of rotatable bonds is 1. The molecule has 2 aromatic rings. The Labute approximate surface area is 106 Å². The summed E-state index contributed by atoms with van der Waals surface area (Å²) in [7, 11) is 0. The summed E-state index contributed by atoms with van der Waals surface area (Å²) in [5, 5.41) is 4.79. The molecule has 3 rings (SSSR count). The van der Waals surface area contributed by atoms with Gasteiger partial charge >= 0.3 is 0 Å². The third kappa shape index (κ3) is 2.03. The van der Waals surface area contributed by atoms with Gasteiger partial charge in [0.1, 0.15) is 0 Å². The van der Waals surface area contributed by atoms with Crippen molar-refractivity contribution in [1.29, 1.82) is 0 Å². The van der Waals surface area contributed by atoms with E-state index in [-0.39, 0.29) is 0 Å². The first-order valence-corrected chi connectivity index (χ1v) is 6.96. The van der Waals surface area contributed by atoms with Gasteiger partial charge in [-0.2, -0.15) is 0 Å². The lowest BCUT2D eigenvalue weighted by Crippen LogP contribution is -2.19. The summed E-state index contributed by atoms with van der Waals surface area (Å²) >= 11 is 1.94. The second-order valence-corrected chi connectivity index (χ2v) is 5.87. The lowest BCUT2D eigenvalue weighted by molar-refractivity contribution is 0.739. The normalized spacial score (nSPS) is 16.2. The standard InChI is InChI=1S/C15H17NS/c1-10-7-11(2)13-9-14(17-15(13)8-10)12-3-5-16-6-4-12/h3,7-9,16H,4-6H2,1-2H3. The van der Waals surface area contributed by atoms with Gasteiger partial charge in [0.15, 0.2) is 0 Å². The molecule has 2 heteroatoms. The van der Waals surface area contributed by atoms with E-state index in [0.717, 1.165) is 19.5 Å². The summed E-state index contributed by atoms with van der Waals surface area (Å²) < 4.78 is 1.43. The van der Waals surface area contributed by atoms with Crippen molar-refractivity contribution in [3.8, 4) is 0 Å². The molecule has 2 heterocycles. The van der Waals surface area contributed by atoms with E-state index in [1.807, 2.05) is 11.3 Å². The molecule has 1 aliphatic rings. The summed E-state index contributed by atoms with van der Waals surface area (Å²) in [6.45, 7) is 6.51. The van der Waals surface area contributed by atoms with Crippen molar-refractivity contribution in [2.45, 2.75) is 20.3 Å². The number of nitrogens with one attached hydrogen (secondary N) is 1. The Morgan fingerprint density at radius 1 is 1.18 bits per heavy atom. The van der Waals surface area contributed by atoms with Crippen LogP contribution < -0.4 is 5.32 Å². The number of aryl methyl sites for hydroxylation is 2. The molecular formula is C15H17NS. The molecule has 88 valence electrons. The Kier molecular flexibility index (Phi) is 2.77. The first-order chi connectivity index (χ1) is 8.24. The fourth-order valence-corrected chi connectivity index (χ4v) is 3.80. The van der Waals surface area contributed by atoms with Gasteiger partial charge in [0.05, 0.1) is 0 Å². The third-order valence-corrected chi connectivity index (χ3v) is 4.53. The molecule has 0 amide bonds. The lowest BCUT2D eigenvalue weighted by atomic mass is 10.0. The zero-order chi connectivity index (χ0) is 11.8. The van der Waals surface area contributed by atoms with Gasteiger partial charge in [-0.3, -0.25) is 0 Å². The van der Waals surface area contributed by atoms with Crippen LogP contribution in [0.4, 0.5) is 0 Å². The molecule has 1 N–H and O–H groups in total. The number of hydrogen-bond acceptors (Lipinski definition) is 2.